The average Bonchev–Trinajstić information content (AvgIpc) is 2.86. The van der Waals surface area contributed by atoms with Crippen molar-refractivity contribution in [1.29, 1.82) is 0 Å². The monoisotopic (exact) mass is 618 g/mol. The lowest BCUT2D eigenvalue weighted by Gasteiger charge is -2.32. The lowest BCUT2D eigenvalue weighted by molar-refractivity contribution is -0.143. The van der Waals surface area contributed by atoms with Crippen LogP contribution in [0.15, 0.2) is 71.2 Å². The molecule has 0 unspecified atom stereocenters. The molecule has 0 bridgehead atoms. The minimum absolute atomic E-state index is 0.0940. The maximum absolute atomic E-state index is 13.7. The third kappa shape index (κ3) is 8.48. The van der Waals surface area contributed by atoms with E-state index < -0.39 is 6.04 Å². The van der Waals surface area contributed by atoms with Gasteiger partial charge in [-0.25, -0.2) is 0 Å². The van der Waals surface area contributed by atoms with Crippen molar-refractivity contribution in [3.63, 3.8) is 0 Å². The van der Waals surface area contributed by atoms with Gasteiger partial charge in [-0.15, -0.1) is 0 Å². The fourth-order valence-corrected chi connectivity index (χ4v) is 4.96. The van der Waals surface area contributed by atoms with Crippen molar-refractivity contribution in [3.05, 3.63) is 97.9 Å². The van der Waals surface area contributed by atoms with E-state index in [9.17, 15) is 9.59 Å². The Bertz CT molecular complexity index is 1250. The molecule has 0 radical (unpaired) electrons. The van der Waals surface area contributed by atoms with Crippen LogP contribution in [0.1, 0.15) is 50.3 Å². The summed E-state index contributed by atoms with van der Waals surface area (Å²) in [7, 11) is 0. The fourth-order valence-electron chi connectivity index (χ4n) is 3.98. The molecular weight excluding hydrogens is 587 g/mol. The number of hydrogen-bond donors (Lipinski definition) is 1. The molecule has 8 heteroatoms. The highest BCUT2D eigenvalue weighted by Gasteiger charge is 2.31. The third-order valence-corrected chi connectivity index (χ3v) is 7.24. The van der Waals surface area contributed by atoms with Crippen molar-refractivity contribution in [1.82, 2.24) is 10.2 Å². The van der Waals surface area contributed by atoms with E-state index in [2.05, 4.69) is 35.1 Å². The quantitative estimate of drug-likeness (QED) is 0.243. The second-order valence-corrected chi connectivity index (χ2v) is 11.5. The molecule has 0 aromatic heterocycles. The van der Waals surface area contributed by atoms with Gasteiger partial charge in [-0.05, 0) is 76.7 Å². The van der Waals surface area contributed by atoms with Gasteiger partial charge in [-0.3, -0.25) is 9.59 Å². The summed E-state index contributed by atoms with van der Waals surface area (Å²) in [4.78, 5) is 28.7. The minimum Gasteiger partial charge on any atom is -0.483 e. The first-order chi connectivity index (χ1) is 18.0. The van der Waals surface area contributed by atoms with Crippen LogP contribution in [0.4, 0.5) is 0 Å². The summed E-state index contributed by atoms with van der Waals surface area (Å²) < 4.78 is 6.70. The maximum atomic E-state index is 13.7. The van der Waals surface area contributed by atoms with Crippen molar-refractivity contribution in [2.75, 3.05) is 6.61 Å². The zero-order valence-electron chi connectivity index (χ0n) is 22.0. The summed E-state index contributed by atoms with van der Waals surface area (Å²) in [5.41, 5.74) is 2.77. The molecule has 1 N–H and O–H groups in total. The molecule has 3 aromatic carbocycles. The van der Waals surface area contributed by atoms with E-state index in [-0.39, 0.29) is 31.0 Å². The second-order valence-electron chi connectivity index (χ2n) is 9.76. The van der Waals surface area contributed by atoms with Crippen LogP contribution in [0.5, 0.6) is 5.75 Å². The van der Waals surface area contributed by atoms with Gasteiger partial charge >= 0.3 is 0 Å². The van der Waals surface area contributed by atoms with Gasteiger partial charge in [0.1, 0.15) is 11.8 Å². The van der Waals surface area contributed by atoms with E-state index in [0.717, 1.165) is 15.6 Å². The summed E-state index contributed by atoms with van der Waals surface area (Å²) in [6.07, 6.45) is 0.336. The maximum Gasteiger partial charge on any atom is 0.261 e. The van der Waals surface area contributed by atoms with Crippen molar-refractivity contribution < 1.29 is 14.3 Å². The van der Waals surface area contributed by atoms with Gasteiger partial charge in [0, 0.05) is 29.1 Å². The zero-order valence-corrected chi connectivity index (χ0v) is 25.1. The largest absolute Gasteiger partial charge is 0.483 e. The molecule has 0 saturated carbocycles. The van der Waals surface area contributed by atoms with Crippen LogP contribution >= 0.6 is 39.1 Å². The Morgan fingerprint density at radius 2 is 1.68 bits per heavy atom. The van der Waals surface area contributed by atoms with Crippen LogP contribution < -0.4 is 10.1 Å². The van der Waals surface area contributed by atoms with E-state index in [1.165, 1.54) is 4.90 Å². The number of benzene rings is 3. The van der Waals surface area contributed by atoms with E-state index in [4.69, 9.17) is 27.9 Å². The van der Waals surface area contributed by atoms with Crippen LogP contribution in [0.25, 0.3) is 0 Å². The Balaban J connectivity index is 1.93. The number of amides is 2. The number of halogens is 3. The zero-order chi connectivity index (χ0) is 27.8. The van der Waals surface area contributed by atoms with Crippen LogP contribution in [0.3, 0.4) is 0 Å². The first kappa shape index (κ1) is 30.0. The number of nitrogens with one attached hydrogen (secondary N) is 1. The van der Waals surface area contributed by atoms with Gasteiger partial charge < -0.3 is 15.0 Å². The molecule has 1 atom stereocenters. The van der Waals surface area contributed by atoms with E-state index in [1.54, 1.807) is 18.2 Å². The predicted octanol–water partition coefficient (Wildman–Crippen LogP) is 7.42. The number of carbonyl (C=O) groups excluding carboxylic acids is 2. The summed E-state index contributed by atoms with van der Waals surface area (Å²) in [5.74, 6) is 0.332. The van der Waals surface area contributed by atoms with Crippen LogP contribution in [0.2, 0.25) is 10.0 Å². The molecule has 5 nitrogen and oxygen atoms in total. The van der Waals surface area contributed by atoms with Gasteiger partial charge in [0.2, 0.25) is 5.91 Å². The highest BCUT2D eigenvalue weighted by molar-refractivity contribution is 9.10. The van der Waals surface area contributed by atoms with Crippen molar-refractivity contribution >= 4 is 50.9 Å². The van der Waals surface area contributed by atoms with Crippen molar-refractivity contribution in [2.24, 2.45) is 0 Å². The van der Waals surface area contributed by atoms with Crippen LogP contribution in [-0.4, -0.2) is 35.4 Å². The molecule has 0 aliphatic heterocycles. The van der Waals surface area contributed by atoms with Gasteiger partial charge in [-0.2, -0.15) is 0 Å². The number of ether oxygens (including phenoxy) is 1. The number of carbonyl (C=O) groups is 2. The van der Waals surface area contributed by atoms with Gasteiger partial charge in [0.15, 0.2) is 6.61 Å². The molecular formula is C30H33BrCl2N2O3. The molecule has 0 fully saturated rings. The molecule has 202 valence electrons. The molecule has 0 aliphatic rings. The van der Waals surface area contributed by atoms with Gasteiger partial charge in [-0.1, -0.05) is 79.5 Å². The van der Waals surface area contributed by atoms with Crippen LogP contribution in [-0.2, 0) is 22.6 Å². The Hall–Kier alpha value is -2.54. The molecule has 3 aromatic rings. The van der Waals surface area contributed by atoms with Gasteiger partial charge in [0.25, 0.3) is 5.91 Å². The minimum atomic E-state index is -0.783. The first-order valence-corrected chi connectivity index (χ1v) is 14.1. The average molecular weight is 620 g/mol. The van der Waals surface area contributed by atoms with Crippen molar-refractivity contribution in [3.8, 4) is 5.75 Å². The Labute approximate surface area is 243 Å². The summed E-state index contributed by atoms with van der Waals surface area (Å²) in [5, 5.41) is 3.89. The highest BCUT2D eigenvalue weighted by atomic mass is 79.9. The summed E-state index contributed by atoms with van der Waals surface area (Å²) >= 11 is 16.1. The predicted molar refractivity (Wildman–Crippen MR) is 158 cm³/mol. The highest BCUT2D eigenvalue weighted by Crippen LogP contribution is 2.29. The standard InChI is InChI=1S/C30H33BrCl2N2O3/c1-19(2)22-11-13-28(25(31)15-22)38-18-29(36)35(17-23-10-12-24(32)16-26(23)33)27(30(37)34-20(3)4)14-21-8-6-5-7-9-21/h5-13,15-16,19-20,27H,14,17-18H2,1-4H3,(H,34,37)/t27-/m0/s1. The first-order valence-electron chi connectivity index (χ1n) is 12.5. The molecule has 2 amide bonds. The molecule has 0 spiro atoms. The normalized spacial score (nSPS) is 11.9. The van der Waals surface area contributed by atoms with E-state index >= 15 is 0 Å². The lowest BCUT2D eigenvalue weighted by atomic mass is 10.0. The molecule has 0 aliphatic carbocycles. The SMILES string of the molecule is CC(C)NC(=O)[C@H](Cc1ccccc1)N(Cc1ccc(Cl)cc1Cl)C(=O)COc1ccc(C(C)C)cc1Br. The van der Waals surface area contributed by atoms with Gasteiger partial charge in [0.05, 0.1) is 4.47 Å². The smallest absolute Gasteiger partial charge is 0.261 e. The lowest BCUT2D eigenvalue weighted by Crippen LogP contribution is -2.52. The Morgan fingerprint density at radius 1 is 0.974 bits per heavy atom. The van der Waals surface area contributed by atoms with Crippen molar-refractivity contribution in [2.45, 2.75) is 58.7 Å². The molecule has 38 heavy (non-hydrogen) atoms. The summed E-state index contributed by atoms with van der Waals surface area (Å²) in [6.45, 7) is 7.88. The second kappa shape index (κ2) is 14.0. The Kier molecular flexibility index (Phi) is 11.1. The third-order valence-electron chi connectivity index (χ3n) is 6.03. The number of hydrogen-bond acceptors (Lipinski definition) is 3. The summed E-state index contributed by atoms with van der Waals surface area (Å²) in [6, 6.07) is 19.7. The number of rotatable bonds is 11. The topological polar surface area (TPSA) is 58.6 Å². The molecule has 0 heterocycles. The van der Waals surface area contributed by atoms with Crippen LogP contribution in [0, 0.1) is 0 Å². The number of nitrogens with zero attached hydrogens (tertiary/aromatic N) is 1. The van der Waals surface area contributed by atoms with E-state index in [1.807, 2.05) is 62.4 Å². The van der Waals surface area contributed by atoms with E-state index in [0.29, 0.717) is 33.7 Å². The fraction of sp³-hybridized carbons (Fsp3) is 0.333. The molecule has 0 saturated heterocycles. The molecule has 3 rings (SSSR count). The Morgan fingerprint density at radius 3 is 2.29 bits per heavy atom.